The van der Waals surface area contributed by atoms with Crippen molar-refractivity contribution in [2.75, 3.05) is 0 Å². The molecule has 1 aromatic carbocycles. The Balaban J connectivity index is 1.27. The quantitative estimate of drug-likeness (QED) is 0.234. The summed E-state index contributed by atoms with van der Waals surface area (Å²) in [6.45, 7) is 0. The molecule has 1 aliphatic heterocycles. The van der Waals surface area contributed by atoms with Crippen LogP contribution in [-0.2, 0) is 16.0 Å². The number of aromatic nitrogens is 8. The number of ether oxygens (including phenoxy) is 1. The number of pyridine rings is 1. The van der Waals surface area contributed by atoms with E-state index in [2.05, 4.69) is 35.2 Å². The number of rotatable bonds is 5. The zero-order valence-corrected chi connectivity index (χ0v) is 21.9. The number of alkyl halides is 3. The Morgan fingerprint density at radius 2 is 1.98 bits per heavy atom. The molecule has 0 unspecified atom stereocenters. The summed E-state index contributed by atoms with van der Waals surface area (Å²) >= 11 is 6.97. The molecule has 1 aliphatic rings. The number of carbonyl (C=O) groups excluding carboxylic acids is 2. The molecule has 0 bridgehead atoms. The number of halogens is 4. The van der Waals surface area contributed by atoms with Gasteiger partial charge in [-0.05, 0) is 53.1 Å². The van der Waals surface area contributed by atoms with Crippen molar-refractivity contribution in [2.45, 2.75) is 25.1 Å². The number of aryl methyl sites for hydroxylation is 1. The van der Waals surface area contributed by atoms with E-state index < -0.39 is 24.2 Å². The lowest BCUT2D eigenvalue weighted by Gasteiger charge is -2.15. The molecule has 1 atom stereocenters. The Kier molecular flexibility index (Phi) is 6.50. The fraction of sp³-hybridized carbons (Fsp3) is 0.167. The van der Waals surface area contributed by atoms with Crippen LogP contribution in [0.3, 0.4) is 0 Å². The molecule has 0 spiro atoms. The molecule has 0 aliphatic carbocycles. The number of esters is 2. The van der Waals surface area contributed by atoms with E-state index in [-0.39, 0.29) is 15.4 Å². The number of benzene rings is 1. The van der Waals surface area contributed by atoms with Crippen LogP contribution in [0.2, 0.25) is 5.02 Å². The van der Waals surface area contributed by atoms with Crippen LogP contribution in [0.5, 0.6) is 0 Å². The van der Waals surface area contributed by atoms with E-state index in [1.165, 1.54) is 23.3 Å². The zero-order valence-electron chi connectivity index (χ0n) is 20.3. The van der Waals surface area contributed by atoms with Crippen molar-refractivity contribution in [3.05, 3.63) is 80.8 Å². The SMILES string of the molecule is O=C(OC(=O)C(F)(F)F)c1cnc(-c2cnc([C@@H]3CCc4cc(-c5cc(Cl)ccc5-n5cnnn5)cc(=O)n43)[nH]2)s1. The highest BCUT2D eigenvalue weighted by molar-refractivity contribution is 7.16. The van der Waals surface area contributed by atoms with Gasteiger partial charge in [-0.25, -0.2) is 19.6 Å². The summed E-state index contributed by atoms with van der Waals surface area (Å²) in [6.07, 6.45) is -0.285. The van der Waals surface area contributed by atoms with E-state index in [9.17, 15) is 27.6 Å². The Morgan fingerprint density at radius 3 is 2.73 bits per heavy atom. The fourth-order valence-corrected chi connectivity index (χ4v) is 5.45. The van der Waals surface area contributed by atoms with E-state index >= 15 is 0 Å². The van der Waals surface area contributed by atoms with Gasteiger partial charge in [-0.3, -0.25) is 4.79 Å². The highest BCUT2D eigenvalue weighted by atomic mass is 35.5. The van der Waals surface area contributed by atoms with Crippen LogP contribution >= 0.6 is 22.9 Å². The summed E-state index contributed by atoms with van der Waals surface area (Å²) in [7, 11) is 0. The zero-order chi connectivity index (χ0) is 28.9. The van der Waals surface area contributed by atoms with Gasteiger partial charge in [-0.1, -0.05) is 11.6 Å². The van der Waals surface area contributed by atoms with Crippen LogP contribution in [0.4, 0.5) is 13.2 Å². The van der Waals surface area contributed by atoms with Crippen molar-refractivity contribution in [3.63, 3.8) is 0 Å². The van der Waals surface area contributed by atoms with E-state index in [0.717, 1.165) is 23.2 Å². The highest BCUT2D eigenvalue weighted by Crippen LogP contribution is 2.35. The highest BCUT2D eigenvalue weighted by Gasteiger charge is 2.43. The molecule has 0 radical (unpaired) electrons. The van der Waals surface area contributed by atoms with Gasteiger partial charge in [-0.2, -0.15) is 17.9 Å². The van der Waals surface area contributed by atoms with E-state index in [0.29, 0.717) is 46.2 Å². The van der Waals surface area contributed by atoms with Crippen LogP contribution in [-0.4, -0.2) is 57.8 Å². The number of aromatic amines is 1. The second-order valence-electron chi connectivity index (χ2n) is 8.80. The maximum Gasteiger partial charge on any atom is 0.491 e. The van der Waals surface area contributed by atoms with E-state index in [1.54, 1.807) is 22.8 Å². The number of carbonyl (C=O) groups is 2. The lowest BCUT2D eigenvalue weighted by molar-refractivity contribution is -0.193. The first-order valence-corrected chi connectivity index (χ1v) is 12.9. The average molecular weight is 603 g/mol. The molecular weight excluding hydrogens is 589 g/mol. The Bertz CT molecular complexity index is 1860. The third-order valence-corrected chi connectivity index (χ3v) is 7.51. The Labute approximate surface area is 235 Å². The van der Waals surface area contributed by atoms with E-state index in [4.69, 9.17) is 11.6 Å². The van der Waals surface area contributed by atoms with Gasteiger partial charge in [0.25, 0.3) is 5.56 Å². The van der Waals surface area contributed by atoms with Crippen molar-refractivity contribution >= 4 is 34.9 Å². The molecule has 41 heavy (non-hydrogen) atoms. The first-order valence-electron chi connectivity index (χ1n) is 11.7. The molecule has 5 aromatic rings. The van der Waals surface area contributed by atoms with Crippen LogP contribution in [0.1, 0.15) is 33.7 Å². The number of nitrogens with zero attached hydrogens (tertiary/aromatic N) is 7. The summed E-state index contributed by atoms with van der Waals surface area (Å²) in [4.78, 5) is 47.4. The maximum absolute atomic E-state index is 13.4. The third-order valence-electron chi connectivity index (χ3n) is 6.26. The molecule has 0 amide bonds. The van der Waals surface area contributed by atoms with Crippen molar-refractivity contribution in [2.24, 2.45) is 0 Å². The Morgan fingerprint density at radius 1 is 1.15 bits per heavy atom. The smallest absolute Gasteiger partial charge is 0.382 e. The maximum atomic E-state index is 13.4. The van der Waals surface area contributed by atoms with Gasteiger partial charge in [0.15, 0.2) is 0 Å². The minimum Gasteiger partial charge on any atom is -0.382 e. The number of hydrogen-bond donors (Lipinski definition) is 1. The monoisotopic (exact) mass is 602 g/mol. The van der Waals surface area contributed by atoms with Crippen LogP contribution in [0, 0.1) is 0 Å². The van der Waals surface area contributed by atoms with Gasteiger partial charge in [0.05, 0.1) is 29.8 Å². The number of nitrogens with one attached hydrogen (secondary N) is 1. The molecule has 0 saturated carbocycles. The molecule has 4 aromatic heterocycles. The van der Waals surface area contributed by atoms with Gasteiger partial charge in [0.2, 0.25) is 0 Å². The van der Waals surface area contributed by atoms with Crippen molar-refractivity contribution in [3.8, 4) is 27.5 Å². The van der Waals surface area contributed by atoms with Gasteiger partial charge in [0.1, 0.15) is 22.0 Å². The predicted octanol–water partition coefficient (Wildman–Crippen LogP) is 3.77. The van der Waals surface area contributed by atoms with Gasteiger partial charge < -0.3 is 14.3 Å². The topological polar surface area (TPSA) is 151 Å². The second kappa shape index (κ2) is 10.0. The van der Waals surface area contributed by atoms with Crippen LogP contribution in [0.15, 0.2) is 53.8 Å². The van der Waals surface area contributed by atoms with Crippen molar-refractivity contribution < 1.29 is 27.5 Å². The number of tetrazole rings is 1. The minimum atomic E-state index is -5.30. The number of hydrogen-bond acceptors (Lipinski definition) is 10. The summed E-state index contributed by atoms with van der Waals surface area (Å²) in [5.74, 6) is -3.63. The Hall–Kier alpha value is -4.70. The van der Waals surface area contributed by atoms with E-state index in [1.807, 2.05) is 6.07 Å². The summed E-state index contributed by atoms with van der Waals surface area (Å²) in [6, 6.07) is 8.14. The third kappa shape index (κ3) is 5.02. The number of H-pyrrole nitrogens is 1. The van der Waals surface area contributed by atoms with Gasteiger partial charge in [0, 0.05) is 22.3 Å². The fourth-order valence-electron chi connectivity index (χ4n) is 4.52. The lowest BCUT2D eigenvalue weighted by atomic mass is 10.0. The normalized spacial score (nSPS) is 14.7. The molecule has 0 fully saturated rings. The molecule has 5 heterocycles. The molecular formula is C24H14ClF3N8O4S. The average Bonchev–Trinajstić information content (AvgIpc) is 3.73. The lowest BCUT2D eigenvalue weighted by Crippen LogP contribution is -2.27. The summed E-state index contributed by atoms with van der Waals surface area (Å²) in [5, 5.41) is 12.0. The molecule has 1 N–H and O–H groups in total. The second-order valence-corrected chi connectivity index (χ2v) is 10.3. The molecule has 12 nitrogen and oxygen atoms in total. The largest absolute Gasteiger partial charge is 0.491 e. The number of imidazole rings is 1. The molecule has 17 heteroatoms. The summed E-state index contributed by atoms with van der Waals surface area (Å²) < 4.78 is 44.1. The van der Waals surface area contributed by atoms with Crippen LogP contribution in [0.25, 0.3) is 27.5 Å². The first-order chi connectivity index (χ1) is 19.6. The van der Waals surface area contributed by atoms with Crippen molar-refractivity contribution in [1.82, 2.24) is 39.7 Å². The van der Waals surface area contributed by atoms with Crippen molar-refractivity contribution in [1.29, 1.82) is 0 Å². The standard InChI is InChI=1S/C24H14ClF3N8O4S/c25-12-1-3-16(35-10-31-33-34-35)14(7-12)11-5-13-2-4-17(36(13)19(37)6-11)20-29-8-15(32-20)21-30-9-18(41-21)22(38)40-23(39)24(26,27)28/h1,3,5-10,17H,2,4H2,(H,29,32)/t17-/m0/s1. The van der Waals surface area contributed by atoms with Gasteiger partial charge in [-0.15, -0.1) is 16.4 Å². The van der Waals surface area contributed by atoms with Crippen LogP contribution < -0.4 is 5.56 Å². The number of thiazole rings is 1. The predicted molar refractivity (Wildman–Crippen MR) is 136 cm³/mol. The molecule has 0 saturated heterocycles. The minimum absolute atomic E-state index is 0.229. The summed E-state index contributed by atoms with van der Waals surface area (Å²) in [5.41, 5.74) is 2.82. The molecule has 6 rings (SSSR count). The first kappa shape index (κ1) is 26.5. The van der Waals surface area contributed by atoms with Gasteiger partial charge >= 0.3 is 18.1 Å². The molecule has 208 valence electrons. The number of fused-ring (bicyclic) bond motifs is 1.